The molecule has 1 heterocycles. The highest BCUT2D eigenvalue weighted by Crippen LogP contribution is 2.26. The molecule has 1 aromatic carbocycles. The largest absolute Gasteiger partial charge is 0.296 e. The van der Waals surface area contributed by atoms with Crippen LogP contribution in [0.25, 0.3) is 10.9 Å². The lowest BCUT2D eigenvalue weighted by Crippen LogP contribution is -2.04. The Labute approximate surface area is 103 Å². The van der Waals surface area contributed by atoms with Crippen molar-refractivity contribution in [2.24, 2.45) is 0 Å². The predicted octanol–water partition coefficient (Wildman–Crippen LogP) is 0.728. The Morgan fingerprint density at radius 3 is 2.00 bits per heavy atom. The van der Waals surface area contributed by atoms with Crippen molar-refractivity contribution in [1.29, 1.82) is 0 Å². The van der Waals surface area contributed by atoms with Gasteiger partial charge in [-0.15, -0.1) is 0 Å². The quantitative estimate of drug-likeness (QED) is 0.781. The summed E-state index contributed by atoms with van der Waals surface area (Å²) in [6, 6.07) is 4.42. The molecule has 0 bridgehead atoms. The maximum absolute atomic E-state index is 11.1. The molecule has 0 saturated heterocycles. The van der Waals surface area contributed by atoms with Crippen LogP contribution in [-0.4, -0.2) is 30.9 Å². The molecule has 0 aliphatic rings. The molecule has 0 amide bonds. The molecule has 0 radical (unpaired) electrons. The van der Waals surface area contributed by atoms with Crippen LogP contribution in [0.5, 0.6) is 0 Å². The van der Waals surface area contributed by atoms with E-state index in [0.717, 1.165) is 12.1 Å². The van der Waals surface area contributed by atoms with Gasteiger partial charge in [-0.25, -0.2) is 0 Å². The van der Waals surface area contributed by atoms with Crippen molar-refractivity contribution in [2.75, 3.05) is 0 Å². The maximum Gasteiger partial charge on any atom is 0.296 e. The monoisotopic (exact) mass is 289 g/mol. The van der Waals surface area contributed by atoms with E-state index in [9.17, 15) is 16.8 Å². The van der Waals surface area contributed by atoms with Crippen molar-refractivity contribution >= 4 is 31.1 Å². The number of hydrogen-bond acceptors (Lipinski definition) is 5. The summed E-state index contributed by atoms with van der Waals surface area (Å²) in [6.45, 7) is 0. The lowest BCUT2D eigenvalue weighted by Gasteiger charge is -2.06. The summed E-state index contributed by atoms with van der Waals surface area (Å²) in [5.41, 5.74) is -0.227. The Morgan fingerprint density at radius 1 is 0.889 bits per heavy atom. The van der Waals surface area contributed by atoms with Crippen molar-refractivity contribution in [1.82, 2.24) is 4.98 Å². The molecular formula is C9H7NO6S2. The SMILES string of the molecule is O=S(=O)(O)c1ccc(S(=O)(=O)O)c2ncccc12. The molecule has 0 aliphatic carbocycles. The second-order valence-electron chi connectivity index (χ2n) is 3.41. The van der Waals surface area contributed by atoms with Crippen LogP contribution in [0.15, 0.2) is 40.3 Å². The van der Waals surface area contributed by atoms with Gasteiger partial charge < -0.3 is 0 Å². The van der Waals surface area contributed by atoms with E-state index in [1.54, 1.807) is 0 Å². The smallest absolute Gasteiger partial charge is 0.282 e. The summed E-state index contributed by atoms with van der Waals surface area (Å²) in [7, 11) is -9.04. The first-order chi connectivity index (χ1) is 8.21. The van der Waals surface area contributed by atoms with E-state index in [-0.39, 0.29) is 10.9 Å². The van der Waals surface area contributed by atoms with Gasteiger partial charge in [0.1, 0.15) is 9.79 Å². The molecule has 0 fully saturated rings. The average Bonchev–Trinajstić information content (AvgIpc) is 2.24. The van der Waals surface area contributed by atoms with Gasteiger partial charge in [-0.1, -0.05) is 0 Å². The molecule has 0 spiro atoms. The van der Waals surface area contributed by atoms with E-state index in [2.05, 4.69) is 4.98 Å². The molecule has 18 heavy (non-hydrogen) atoms. The van der Waals surface area contributed by atoms with Gasteiger partial charge in [0.25, 0.3) is 20.2 Å². The Morgan fingerprint density at radius 2 is 1.44 bits per heavy atom. The second-order valence-corrected chi connectivity index (χ2v) is 6.19. The molecule has 1 aromatic heterocycles. The third-order valence-corrected chi connectivity index (χ3v) is 4.05. The average molecular weight is 289 g/mol. The molecule has 9 heteroatoms. The van der Waals surface area contributed by atoms with Crippen LogP contribution in [0.1, 0.15) is 0 Å². The molecule has 0 aliphatic heterocycles. The summed E-state index contributed by atoms with van der Waals surface area (Å²) < 4.78 is 62.5. The van der Waals surface area contributed by atoms with Gasteiger partial charge in [-0.2, -0.15) is 16.8 Å². The number of hydrogen-bond donors (Lipinski definition) is 2. The molecule has 0 unspecified atom stereocenters. The Bertz CT molecular complexity index is 755. The topological polar surface area (TPSA) is 122 Å². The van der Waals surface area contributed by atoms with Gasteiger partial charge in [-0.05, 0) is 24.3 Å². The molecule has 2 N–H and O–H groups in total. The summed E-state index contributed by atoms with van der Waals surface area (Å²) in [5.74, 6) is 0. The molecule has 0 atom stereocenters. The third-order valence-electron chi connectivity index (χ3n) is 2.25. The van der Waals surface area contributed by atoms with E-state index in [1.165, 1.54) is 18.3 Å². The second kappa shape index (κ2) is 3.99. The standard InChI is InChI=1S/C9H7NO6S2/c11-17(12,13)7-3-4-8(18(14,15)16)9-6(7)2-1-5-10-9/h1-5H,(H,11,12,13)(H,14,15,16). The van der Waals surface area contributed by atoms with Crippen LogP contribution >= 0.6 is 0 Å². The number of nitrogens with zero attached hydrogens (tertiary/aromatic N) is 1. The molecule has 2 aromatic rings. The first-order valence-corrected chi connectivity index (χ1v) is 7.42. The van der Waals surface area contributed by atoms with Crippen LogP contribution in [0, 0.1) is 0 Å². The molecule has 0 saturated carbocycles. The first-order valence-electron chi connectivity index (χ1n) is 4.54. The van der Waals surface area contributed by atoms with Gasteiger partial charge in [-0.3, -0.25) is 14.1 Å². The lowest BCUT2D eigenvalue weighted by atomic mass is 10.2. The number of aromatic nitrogens is 1. The zero-order chi connectivity index (χ0) is 13.6. The summed E-state index contributed by atoms with van der Waals surface area (Å²) >= 11 is 0. The highest BCUT2D eigenvalue weighted by Gasteiger charge is 2.21. The maximum atomic E-state index is 11.1. The fourth-order valence-corrected chi connectivity index (χ4v) is 2.88. The Hall–Kier alpha value is -1.55. The highest BCUT2D eigenvalue weighted by molar-refractivity contribution is 7.86. The van der Waals surface area contributed by atoms with E-state index >= 15 is 0 Å². The summed E-state index contributed by atoms with van der Waals surface area (Å²) in [4.78, 5) is 2.71. The van der Waals surface area contributed by atoms with Crippen LogP contribution < -0.4 is 0 Å². The molecular weight excluding hydrogens is 282 g/mol. The Kier molecular flexibility index (Phi) is 2.86. The molecule has 2 rings (SSSR count). The first kappa shape index (κ1) is 12.9. The zero-order valence-electron chi connectivity index (χ0n) is 8.68. The lowest BCUT2D eigenvalue weighted by molar-refractivity contribution is 0.480. The normalized spacial score (nSPS) is 12.8. The van der Waals surface area contributed by atoms with Gasteiger partial charge in [0.15, 0.2) is 0 Å². The fourth-order valence-electron chi connectivity index (χ4n) is 1.55. The molecule has 96 valence electrons. The van der Waals surface area contributed by atoms with Gasteiger partial charge in [0.05, 0.1) is 5.52 Å². The van der Waals surface area contributed by atoms with Gasteiger partial charge in [0, 0.05) is 11.6 Å². The van der Waals surface area contributed by atoms with Crippen molar-refractivity contribution in [3.63, 3.8) is 0 Å². The number of pyridine rings is 1. The number of benzene rings is 1. The minimum absolute atomic E-state index is 0.0878. The molecule has 7 nitrogen and oxygen atoms in total. The van der Waals surface area contributed by atoms with E-state index in [4.69, 9.17) is 9.11 Å². The predicted molar refractivity (Wildman–Crippen MR) is 61.4 cm³/mol. The van der Waals surface area contributed by atoms with Gasteiger partial charge >= 0.3 is 0 Å². The third kappa shape index (κ3) is 2.20. The Balaban J connectivity index is 3.01. The summed E-state index contributed by atoms with van der Waals surface area (Å²) in [6.07, 6.45) is 1.24. The van der Waals surface area contributed by atoms with Crippen LogP contribution in [0.4, 0.5) is 0 Å². The number of fused-ring (bicyclic) bond motifs is 1. The van der Waals surface area contributed by atoms with Crippen molar-refractivity contribution in [3.05, 3.63) is 30.5 Å². The minimum atomic E-state index is -4.53. The van der Waals surface area contributed by atoms with Crippen LogP contribution in [-0.2, 0) is 20.2 Å². The number of rotatable bonds is 2. The van der Waals surface area contributed by atoms with Crippen molar-refractivity contribution < 1.29 is 25.9 Å². The zero-order valence-corrected chi connectivity index (χ0v) is 10.3. The summed E-state index contributed by atoms with van der Waals surface area (Å²) in [5, 5.41) is -0.0878. The van der Waals surface area contributed by atoms with Gasteiger partial charge in [0.2, 0.25) is 0 Å². The van der Waals surface area contributed by atoms with Crippen molar-refractivity contribution in [3.8, 4) is 0 Å². The van der Waals surface area contributed by atoms with Crippen LogP contribution in [0.3, 0.4) is 0 Å². The highest BCUT2D eigenvalue weighted by atomic mass is 32.2. The fraction of sp³-hybridized carbons (Fsp3) is 0. The van der Waals surface area contributed by atoms with E-state index in [1.807, 2.05) is 0 Å². The van der Waals surface area contributed by atoms with E-state index < -0.39 is 30.0 Å². The van der Waals surface area contributed by atoms with Crippen molar-refractivity contribution in [2.45, 2.75) is 9.79 Å². The minimum Gasteiger partial charge on any atom is -0.282 e. The van der Waals surface area contributed by atoms with Crippen LogP contribution in [0.2, 0.25) is 0 Å². The van der Waals surface area contributed by atoms with E-state index in [0.29, 0.717) is 0 Å².